The van der Waals surface area contributed by atoms with Gasteiger partial charge in [-0.2, -0.15) is 0 Å². The van der Waals surface area contributed by atoms with Crippen LogP contribution in [0.5, 0.6) is 0 Å². The highest BCUT2D eigenvalue weighted by Gasteiger charge is 2.47. The summed E-state index contributed by atoms with van der Waals surface area (Å²) < 4.78 is 3.94. The quantitative estimate of drug-likeness (QED) is 0.232. The Morgan fingerprint density at radius 3 is 1.96 bits per heavy atom. The van der Waals surface area contributed by atoms with Crippen LogP contribution in [0.3, 0.4) is 0 Å². The molecule has 6 heteroatoms. The maximum atomic E-state index is 11.6. The van der Waals surface area contributed by atoms with Gasteiger partial charge in [0.05, 0.1) is 12.2 Å². The average Bonchev–Trinajstić information content (AvgIpc) is 2.79. The van der Waals surface area contributed by atoms with Gasteiger partial charge < -0.3 is 4.74 Å². The molecule has 0 aromatic carbocycles. The lowest BCUT2D eigenvalue weighted by molar-refractivity contribution is -0.674. The molecule has 0 saturated heterocycles. The number of carbonyl (C=O) groups is 3. The van der Waals surface area contributed by atoms with E-state index in [9.17, 15) is 14.4 Å². The fourth-order valence-electron chi connectivity index (χ4n) is 2.43. The van der Waals surface area contributed by atoms with Crippen LogP contribution in [0.25, 0.3) is 0 Å². The molecular formula is C17H27ClNO4+. The van der Waals surface area contributed by atoms with Gasteiger partial charge in [-0.15, -0.1) is 0 Å². The van der Waals surface area contributed by atoms with Gasteiger partial charge in [0, 0.05) is 6.42 Å². The topological polar surface area (TPSA) is 60.4 Å². The van der Waals surface area contributed by atoms with Crippen molar-refractivity contribution in [1.82, 2.24) is 0 Å². The minimum Gasteiger partial charge on any atom is -0.412 e. The van der Waals surface area contributed by atoms with Crippen LogP contribution in [0.2, 0.25) is 0 Å². The minimum atomic E-state index is -1.02. The van der Waals surface area contributed by atoms with Crippen molar-refractivity contribution in [2.75, 3.05) is 6.73 Å². The second-order valence-electron chi connectivity index (χ2n) is 5.95. The third-order valence-electron chi connectivity index (χ3n) is 3.96. The van der Waals surface area contributed by atoms with Crippen LogP contribution in [0, 0.1) is 0 Å². The van der Waals surface area contributed by atoms with Gasteiger partial charge in [-0.05, 0) is 6.42 Å². The molecule has 1 heterocycles. The van der Waals surface area contributed by atoms with Crippen molar-refractivity contribution in [3.8, 4) is 0 Å². The van der Waals surface area contributed by atoms with E-state index in [1.165, 1.54) is 38.5 Å². The van der Waals surface area contributed by atoms with Crippen LogP contribution >= 0.6 is 11.8 Å². The number of unbranched alkanes of at least 4 members (excludes halogenated alkanes) is 8. The van der Waals surface area contributed by atoms with Crippen LogP contribution in [0.4, 0.5) is 0 Å². The maximum absolute atomic E-state index is 11.6. The molecule has 0 unspecified atom stereocenters. The molecule has 0 aromatic heterocycles. The second kappa shape index (κ2) is 10.6. The molecule has 2 amide bonds. The lowest BCUT2D eigenvalue weighted by Gasteiger charge is -2.17. The predicted molar refractivity (Wildman–Crippen MR) is 88.1 cm³/mol. The summed E-state index contributed by atoms with van der Waals surface area (Å²) in [5.41, 5.74) is 0. The lowest BCUT2D eigenvalue weighted by atomic mass is 10.1. The van der Waals surface area contributed by atoms with E-state index in [-0.39, 0.29) is 0 Å². The highest BCUT2D eigenvalue weighted by molar-refractivity contribution is 6.24. The summed E-state index contributed by atoms with van der Waals surface area (Å²) in [6.07, 6.45) is 13.0. The number of hydrogen-bond acceptors (Lipinski definition) is 4. The normalized spacial score (nSPS) is 16.1. The van der Waals surface area contributed by atoms with Gasteiger partial charge >= 0.3 is 17.8 Å². The van der Waals surface area contributed by atoms with Gasteiger partial charge in [0.25, 0.3) is 6.73 Å². The van der Waals surface area contributed by atoms with E-state index in [0.29, 0.717) is 6.42 Å². The highest BCUT2D eigenvalue weighted by Crippen LogP contribution is 2.21. The minimum absolute atomic E-state index is 0.294. The molecule has 1 aliphatic rings. The molecular weight excluding hydrogens is 318 g/mol. The largest absolute Gasteiger partial charge is 0.412 e. The first kappa shape index (κ1) is 19.8. The number of esters is 1. The summed E-state index contributed by atoms with van der Waals surface area (Å²) >= 11 is 5.87. The van der Waals surface area contributed by atoms with Gasteiger partial charge in [0.15, 0.2) is 11.8 Å². The van der Waals surface area contributed by atoms with Crippen LogP contribution in [-0.2, 0) is 19.1 Å². The number of imide groups is 1. The molecule has 0 bridgehead atoms. The zero-order valence-electron chi connectivity index (χ0n) is 13.9. The van der Waals surface area contributed by atoms with Crippen molar-refractivity contribution < 1.29 is 23.1 Å². The van der Waals surface area contributed by atoms with Crippen LogP contribution in [0.15, 0.2) is 12.2 Å². The summed E-state index contributed by atoms with van der Waals surface area (Å²) in [5.74, 6) is -1.57. The Bertz CT molecular complexity index is 430. The molecule has 0 radical (unpaired) electrons. The molecule has 0 spiro atoms. The maximum Gasteiger partial charge on any atom is 0.367 e. The Kier molecular flexibility index (Phi) is 9.10. The van der Waals surface area contributed by atoms with Gasteiger partial charge in [0.1, 0.15) is 0 Å². The first-order chi connectivity index (χ1) is 11.0. The molecule has 0 N–H and O–H groups in total. The summed E-state index contributed by atoms with van der Waals surface area (Å²) in [7, 11) is 0. The number of rotatable bonds is 12. The number of quaternary nitrogens is 1. The van der Waals surface area contributed by atoms with Gasteiger partial charge in [0.2, 0.25) is 0 Å². The molecule has 0 aliphatic carbocycles. The fraction of sp³-hybridized carbons (Fsp3) is 0.706. The smallest absolute Gasteiger partial charge is 0.367 e. The number of amides is 2. The van der Waals surface area contributed by atoms with Crippen molar-refractivity contribution in [1.29, 1.82) is 0 Å². The Balaban J connectivity index is 2.03. The van der Waals surface area contributed by atoms with E-state index < -0.39 is 28.5 Å². The highest BCUT2D eigenvalue weighted by atomic mass is 35.5. The summed E-state index contributed by atoms with van der Waals surface area (Å²) in [6, 6.07) is 0. The third kappa shape index (κ3) is 6.83. The van der Waals surface area contributed by atoms with Crippen molar-refractivity contribution in [3.63, 3.8) is 0 Å². The van der Waals surface area contributed by atoms with E-state index in [2.05, 4.69) is 6.92 Å². The number of ether oxygens (including phenoxy) is 1. The molecule has 1 rings (SSSR count). The summed E-state index contributed by atoms with van der Waals surface area (Å²) in [5, 5.41) is 0. The molecule has 0 aromatic rings. The van der Waals surface area contributed by atoms with E-state index in [4.69, 9.17) is 16.5 Å². The molecule has 1 aliphatic heterocycles. The molecule has 23 heavy (non-hydrogen) atoms. The van der Waals surface area contributed by atoms with E-state index in [1.807, 2.05) is 0 Å². The number of hydrogen-bond donors (Lipinski definition) is 0. The summed E-state index contributed by atoms with van der Waals surface area (Å²) in [6.45, 7) is 1.77. The standard InChI is InChI=1S/C17H27ClNO4/c1-2-3-4-5-6-7-8-9-10-11-17(22)23-14-19(18)15(20)12-13-16(19)21/h12-13H,2-11,14H2,1H3/q+1. The van der Waals surface area contributed by atoms with Crippen LogP contribution < -0.4 is 0 Å². The third-order valence-corrected chi connectivity index (χ3v) is 4.39. The zero-order valence-corrected chi connectivity index (χ0v) is 14.6. The van der Waals surface area contributed by atoms with Gasteiger partial charge in [-0.1, -0.05) is 62.3 Å². The number of nitrogens with zero attached hydrogens (tertiary/aromatic N) is 1. The molecule has 0 atom stereocenters. The van der Waals surface area contributed by atoms with Crippen molar-refractivity contribution in [2.45, 2.75) is 71.1 Å². The molecule has 5 nitrogen and oxygen atoms in total. The fourth-order valence-corrected chi connectivity index (χ4v) is 2.59. The van der Waals surface area contributed by atoms with E-state index in [0.717, 1.165) is 31.4 Å². The molecule has 0 fully saturated rings. The Labute approximate surface area is 143 Å². The van der Waals surface area contributed by atoms with E-state index in [1.54, 1.807) is 0 Å². The predicted octanol–water partition coefficient (Wildman–Crippen LogP) is 4.00. The van der Waals surface area contributed by atoms with Crippen molar-refractivity contribution in [3.05, 3.63) is 12.2 Å². The lowest BCUT2D eigenvalue weighted by Crippen LogP contribution is -2.46. The SMILES string of the molecule is CCCCCCCCCCCC(=O)OC[N+]1(Cl)C(=O)C=CC1=O. The van der Waals surface area contributed by atoms with E-state index >= 15 is 0 Å². The van der Waals surface area contributed by atoms with Crippen LogP contribution in [0.1, 0.15) is 71.1 Å². The van der Waals surface area contributed by atoms with Crippen molar-refractivity contribution in [2.24, 2.45) is 0 Å². The first-order valence-electron chi connectivity index (χ1n) is 8.51. The second-order valence-corrected chi connectivity index (χ2v) is 6.53. The number of carbonyl (C=O) groups excluding carboxylic acids is 3. The summed E-state index contributed by atoms with van der Waals surface area (Å²) in [4.78, 5) is 34.6. The number of halogens is 1. The Morgan fingerprint density at radius 1 is 0.957 bits per heavy atom. The van der Waals surface area contributed by atoms with Gasteiger partial charge in [-0.25, -0.2) is 9.59 Å². The Hall–Kier alpha value is -1.20. The average molecular weight is 345 g/mol. The molecule has 130 valence electrons. The first-order valence-corrected chi connectivity index (χ1v) is 8.85. The van der Waals surface area contributed by atoms with Crippen molar-refractivity contribution >= 4 is 29.6 Å². The Morgan fingerprint density at radius 2 is 1.43 bits per heavy atom. The zero-order chi connectivity index (χ0) is 17.1. The molecule has 0 saturated carbocycles. The monoisotopic (exact) mass is 344 g/mol. The van der Waals surface area contributed by atoms with Gasteiger partial charge in [-0.3, -0.25) is 4.79 Å². The van der Waals surface area contributed by atoms with Crippen LogP contribution in [-0.4, -0.2) is 28.5 Å².